The number of aryl methyl sites for hydroxylation is 1. The number of urea groups is 1. The molecule has 1 heterocycles. The summed E-state index contributed by atoms with van der Waals surface area (Å²) in [5.41, 5.74) is 2.61. The highest BCUT2D eigenvalue weighted by Crippen LogP contribution is 2.35. The van der Waals surface area contributed by atoms with E-state index in [2.05, 4.69) is 15.5 Å². The SMILES string of the molecule is Cc1ccnnc1S(=O)(=O)NC(=O)Nc1c(C(C)C)cc(Cl)cc1C(C)C. The molecule has 0 aliphatic carbocycles. The number of aromatic nitrogens is 2. The van der Waals surface area contributed by atoms with Crippen LogP contribution in [0.15, 0.2) is 29.4 Å². The van der Waals surface area contributed by atoms with Crippen molar-refractivity contribution in [1.29, 1.82) is 0 Å². The second-order valence-corrected chi connectivity index (χ2v) is 8.88. The second-order valence-electron chi connectivity index (χ2n) is 6.85. The van der Waals surface area contributed by atoms with Gasteiger partial charge in [-0.3, -0.25) is 0 Å². The average molecular weight is 411 g/mol. The second kappa shape index (κ2) is 8.22. The first kappa shape index (κ1) is 21.1. The van der Waals surface area contributed by atoms with Crippen molar-refractivity contribution in [1.82, 2.24) is 14.9 Å². The number of carbonyl (C=O) groups is 1. The number of sulfonamides is 1. The topological polar surface area (TPSA) is 101 Å². The van der Waals surface area contributed by atoms with Crippen molar-refractivity contribution < 1.29 is 13.2 Å². The van der Waals surface area contributed by atoms with Crippen LogP contribution in [0.3, 0.4) is 0 Å². The molecule has 7 nitrogen and oxygen atoms in total. The van der Waals surface area contributed by atoms with Crippen molar-refractivity contribution in [2.75, 3.05) is 5.32 Å². The van der Waals surface area contributed by atoms with E-state index in [1.54, 1.807) is 19.1 Å². The number of nitrogens with one attached hydrogen (secondary N) is 2. The minimum atomic E-state index is -4.15. The summed E-state index contributed by atoms with van der Waals surface area (Å²) in [5, 5.41) is 10.1. The number of amides is 2. The Kier molecular flexibility index (Phi) is 6.43. The maximum absolute atomic E-state index is 12.5. The van der Waals surface area contributed by atoms with Gasteiger partial charge in [0.2, 0.25) is 5.03 Å². The van der Waals surface area contributed by atoms with E-state index < -0.39 is 16.1 Å². The molecule has 1 aromatic carbocycles. The monoisotopic (exact) mass is 410 g/mol. The Balaban J connectivity index is 2.37. The van der Waals surface area contributed by atoms with Crippen LogP contribution >= 0.6 is 11.6 Å². The van der Waals surface area contributed by atoms with Crippen molar-refractivity contribution >= 4 is 33.3 Å². The molecule has 0 spiro atoms. The molecule has 2 amide bonds. The zero-order valence-corrected chi connectivity index (χ0v) is 17.4. The minimum Gasteiger partial charge on any atom is -0.307 e. The Hall–Kier alpha value is -2.19. The number of rotatable bonds is 5. The Morgan fingerprint density at radius 3 is 2.15 bits per heavy atom. The molecule has 0 saturated heterocycles. The quantitative estimate of drug-likeness (QED) is 0.769. The normalized spacial score (nSPS) is 11.7. The molecule has 0 fully saturated rings. The van der Waals surface area contributed by atoms with Gasteiger partial charge in [0.25, 0.3) is 10.0 Å². The van der Waals surface area contributed by atoms with Crippen molar-refractivity contribution in [2.24, 2.45) is 0 Å². The van der Waals surface area contributed by atoms with E-state index in [9.17, 15) is 13.2 Å². The number of hydrogen-bond donors (Lipinski definition) is 2. The lowest BCUT2D eigenvalue weighted by atomic mass is 9.92. The number of nitrogens with zero attached hydrogens (tertiary/aromatic N) is 2. The molecule has 9 heteroatoms. The van der Waals surface area contributed by atoms with E-state index >= 15 is 0 Å². The summed E-state index contributed by atoms with van der Waals surface area (Å²) in [6, 6.07) is 4.18. The zero-order chi connectivity index (χ0) is 20.4. The van der Waals surface area contributed by atoms with Crippen LogP contribution in [-0.4, -0.2) is 24.6 Å². The van der Waals surface area contributed by atoms with Gasteiger partial charge in [-0.1, -0.05) is 39.3 Å². The standard InChI is InChI=1S/C18H23ClN4O3S/c1-10(2)14-8-13(19)9-15(11(3)4)16(14)21-18(24)23-27(25,26)17-12(5)6-7-20-22-17/h6-11H,1-5H3,(H2,21,23,24). The van der Waals surface area contributed by atoms with Gasteiger partial charge in [-0.2, -0.15) is 13.5 Å². The number of carbonyl (C=O) groups excluding carboxylic acids is 1. The van der Waals surface area contributed by atoms with Crippen molar-refractivity contribution in [3.63, 3.8) is 0 Å². The predicted octanol–water partition coefficient (Wildman–Crippen LogP) is 4.20. The third-order valence-corrected chi connectivity index (χ3v) is 5.59. The lowest BCUT2D eigenvalue weighted by Gasteiger charge is -2.21. The summed E-state index contributed by atoms with van der Waals surface area (Å²) >= 11 is 6.21. The number of hydrogen-bond acceptors (Lipinski definition) is 5. The van der Waals surface area contributed by atoms with Crippen LogP contribution < -0.4 is 10.0 Å². The fourth-order valence-corrected chi connectivity index (χ4v) is 3.93. The van der Waals surface area contributed by atoms with Gasteiger partial charge in [-0.15, -0.1) is 5.10 Å². The Labute approximate surface area is 164 Å². The molecule has 0 radical (unpaired) electrons. The zero-order valence-electron chi connectivity index (χ0n) is 15.9. The van der Waals surface area contributed by atoms with E-state index in [1.165, 1.54) is 12.3 Å². The summed E-state index contributed by atoms with van der Waals surface area (Å²) in [7, 11) is -4.15. The Bertz CT molecular complexity index is 930. The summed E-state index contributed by atoms with van der Waals surface area (Å²) in [5.74, 6) is 0.158. The molecular weight excluding hydrogens is 388 g/mol. The Morgan fingerprint density at radius 2 is 1.67 bits per heavy atom. The molecular formula is C18H23ClN4O3S. The predicted molar refractivity (Wildman–Crippen MR) is 106 cm³/mol. The number of benzene rings is 1. The minimum absolute atomic E-state index is 0.0790. The molecule has 0 unspecified atom stereocenters. The molecule has 0 atom stereocenters. The van der Waals surface area contributed by atoms with Gasteiger partial charge in [-0.05, 0) is 53.6 Å². The van der Waals surface area contributed by atoms with Crippen molar-refractivity contribution in [3.05, 3.63) is 46.1 Å². The molecule has 2 N–H and O–H groups in total. The average Bonchev–Trinajstić information content (AvgIpc) is 2.55. The van der Waals surface area contributed by atoms with Crippen molar-refractivity contribution in [3.8, 4) is 0 Å². The summed E-state index contributed by atoms with van der Waals surface area (Å²) < 4.78 is 26.9. The third kappa shape index (κ3) is 4.95. The molecule has 27 heavy (non-hydrogen) atoms. The van der Waals surface area contributed by atoms with Crippen LogP contribution in [0.2, 0.25) is 5.02 Å². The van der Waals surface area contributed by atoms with E-state index in [0.29, 0.717) is 16.3 Å². The molecule has 0 aliphatic rings. The Morgan fingerprint density at radius 1 is 1.11 bits per heavy atom. The van der Waals surface area contributed by atoms with Gasteiger partial charge in [0.15, 0.2) is 0 Å². The van der Waals surface area contributed by atoms with E-state index in [4.69, 9.17) is 11.6 Å². The summed E-state index contributed by atoms with van der Waals surface area (Å²) in [6.45, 7) is 9.46. The lowest BCUT2D eigenvalue weighted by Crippen LogP contribution is -2.36. The first-order chi connectivity index (χ1) is 12.5. The van der Waals surface area contributed by atoms with Crippen molar-refractivity contribution in [2.45, 2.75) is 51.5 Å². The van der Waals surface area contributed by atoms with Crippen LogP contribution in [0.4, 0.5) is 10.5 Å². The van der Waals surface area contributed by atoms with Crippen LogP contribution in [0.5, 0.6) is 0 Å². The maximum Gasteiger partial charge on any atom is 0.333 e. The fourth-order valence-electron chi connectivity index (χ4n) is 2.66. The summed E-state index contributed by atoms with van der Waals surface area (Å²) in [4.78, 5) is 12.5. The van der Waals surface area contributed by atoms with Crippen LogP contribution in [0, 0.1) is 6.92 Å². The number of anilines is 1. The van der Waals surface area contributed by atoms with E-state index in [1.807, 2.05) is 32.4 Å². The van der Waals surface area contributed by atoms with Crippen LogP contribution in [-0.2, 0) is 10.0 Å². The lowest BCUT2D eigenvalue weighted by molar-refractivity contribution is 0.256. The van der Waals surface area contributed by atoms with Gasteiger partial charge in [0.1, 0.15) is 0 Å². The third-order valence-electron chi connectivity index (χ3n) is 4.01. The van der Waals surface area contributed by atoms with Crippen LogP contribution in [0.25, 0.3) is 0 Å². The smallest absolute Gasteiger partial charge is 0.307 e. The number of halogens is 1. The molecule has 2 aromatic rings. The highest BCUT2D eigenvalue weighted by Gasteiger charge is 2.24. The van der Waals surface area contributed by atoms with Gasteiger partial charge >= 0.3 is 6.03 Å². The molecule has 0 saturated carbocycles. The highest BCUT2D eigenvalue weighted by atomic mass is 35.5. The molecule has 146 valence electrons. The van der Waals surface area contributed by atoms with Gasteiger partial charge in [0, 0.05) is 16.9 Å². The molecule has 2 rings (SSSR count). The summed E-state index contributed by atoms with van der Waals surface area (Å²) in [6.07, 6.45) is 1.38. The van der Waals surface area contributed by atoms with Gasteiger partial charge < -0.3 is 5.32 Å². The first-order valence-corrected chi connectivity index (χ1v) is 10.3. The van der Waals surface area contributed by atoms with Gasteiger partial charge in [0.05, 0.1) is 0 Å². The van der Waals surface area contributed by atoms with Crippen LogP contribution in [0.1, 0.15) is 56.2 Å². The fraction of sp³-hybridized carbons (Fsp3) is 0.389. The van der Waals surface area contributed by atoms with Gasteiger partial charge in [-0.25, -0.2) is 9.52 Å². The first-order valence-electron chi connectivity index (χ1n) is 8.48. The molecule has 0 bridgehead atoms. The van der Waals surface area contributed by atoms with E-state index in [0.717, 1.165) is 11.1 Å². The largest absolute Gasteiger partial charge is 0.333 e. The molecule has 0 aliphatic heterocycles. The highest BCUT2D eigenvalue weighted by molar-refractivity contribution is 7.90. The maximum atomic E-state index is 12.5. The van der Waals surface area contributed by atoms with E-state index in [-0.39, 0.29) is 16.9 Å². The molecule has 1 aromatic heterocycles.